The number of carbonyl (C=O) groups is 1. The van der Waals surface area contributed by atoms with Crippen molar-refractivity contribution in [1.82, 2.24) is 0 Å². The van der Waals surface area contributed by atoms with Crippen LogP contribution in [0.5, 0.6) is 0 Å². The highest BCUT2D eigenvalue weighted by Gasteiger charge is 1.98. The molecule has 0 N–H and O–H groups in total. The molecule has 0 aliphatic carbocycles. The summed E-state index contributed by atoms with van der Waals surface area (Å²) >= 11 is 0. The molecule has 0 aromatic rings. The molecule has 0 aliphatic rings. The Kier molecular flexibility index (Phi) is 3.97. The van der Waals surface area contributed by atoms with Crippen LogP contribution in [-0.2, 0) is 9.53 Å². The Balaban J connectivity index is 3.39. The maximum atomic E-state index is 10.7. The van der Waals surface area contributed by atoms with E-state index < -0.39 is 0 Å². The Labute approximate surface area is 55.5 Å². The second kappa shape index (κ2) is 4.27. The van der Waals surface area contributed by atoms with Crippen molar-refractivity contribution in [2.24, 2.45) is 0 Å². The van der Waals surface area contributed by atoms with Crippen molar-refractivity contribution in [2.45, 2.75) is 13.3 Å². The first-order chi connectivity index (χ1) is 4.16. The zero-order valence-corrected chi connectivity index (χ0v) is 5.94. The molecule has 0 amide bonds. The smallest absolute Gasteiger partial charge is 0.162 e. The van der Waals surface area contributed by atoms with Crippen LogP contribution in [0, 0.1) is 0 Å². The van der Waals surface area contributed by atoms with Crippen LogP contribution in [-0.4, -0.2) is 19.5 Å². The van der Waals surface area contributed by atoms with Crippen molar-refractivity contribution >= 4 is 5.78 Å². The molecule has 0 fully saturated rings. The van der Waals surface area contributed by atoms with Gasteiger partial charge in [-0.05, 0) is 6.92 Å². The molecule has 0 spiro atoms. The first kappa shape index (κ1) is 8.37. The summed E-state index contributed by atoms with van der Waals surface area (Å²) in [5, 5.41) is 0. The molecular formula is C7H12O2. The van der Waals surface area contributed by atoms with Gasteiger partial charge in [0.2, 0.25) is 0 Å². The summed E-state index contributed by atoms with van der Waals surface area (Å²) in [6.45, 7) is 5.63. The first-order valence-corrected chi connectivity index (χ1v) is 2.82. The molecule has 0 rings (SSSR count). The highest BCUT2D eigenvalue weighted by Crippen LogP contribution is 1.95. The van der Waals surface area contributed by atoms with E-state index in [9.17, 15) is 4.79 Å². The van der Waals surface area contributed by atoms with Gasteiger partial charge >= 0.3 is 0 Å². The van der Waals surface area contributed by atoms with Gasteiger partial charge in [0.1, 0.15) is 6.61 Å². The minimum absolute atomic E-state index is 0.0880. The Morgan fingerprint density at radius 2 is 2.22 bits per heavy atom. The van der Waals surface area contributed by atoms with E-state index in [1.165, 1.54) is 7.11 Å². The minimum atomic E-state index is 0.0880. The van der Waals surface area contributed by atoms with E-state index in [-0.39, 0.29) is 12.4 Å². The molecule has 0 heterocycles. The predicted octanol–water partition coefficient (Wildman–Crippen LogP) is 1.17. The predicted molar refractivity (Wildman–Crippen MR) is 36.3 cm³/mol. The molecule has 0 atom stereocenters. The minimum Gasteiger partial charge on any atom is -0.377 e. The van der Waals surface area contributed by atoms with Crippen LogP contribution in [0.15, 0.2) is 12.2 Å². The summed E-state index contributed by atoms with van der Waals surface area (Å²) in [6.07, 6.45) is 0.438. The summed E-state index contributed by atoms with van der Waals surface area (Å²) in [5.41, 5.74) is 0.886. The molecule has 0 saturated heterocycles. The van der Waals surface area contributed by atoms with Crippen molar-refractivity contribution in [2.75, 3.05) is 13.7 Å². The highest BCUT2D eigenvalue weighted by molar-refractivity contribution is 5.81. The molecule has 0 aliphatic heterocycles. The van der Waals surface area contributed by atoms with E-state index >= 15 is 0 Å². The molecule has 0 aromatic heterocycles. The Morgan fingerprint density at radius 3 is 2.56 bits per heavy atom. The average Bonchev–Trinajstić information content (AvgIpc) is 1.63. The fourth-order valence-corrected chi connectivity index (χ4v) is 0.549. The Morgan fingerprint density at radius 1 is 1.67 bits per heavy atom. The van der Waals surface area contributed by atoms with E-state index in [2.05, 4.69) is 11.3 Å². The average molecular weight is 128 g/mol. The lowest BCUT2D eigenvalue weighted by atomic mass is 10.2. The van der Waals surface area contributed by atoms with Crippen molar-refractivity contribution in [3.63, 3.8) is 0 Å². The number of ketones is 1. The number of methoxy groups -OCH3 is 1. The lowest BCUT2D eigenvalue weighted by Crippen LogP contribution is -2.05. The summed E-state index contributed by atoms with van der Waals surface area (Å²) in [5.74, 6) is 0.0880. The van der Waals surface area contributed by atoms with Gasteiger partial charge in [-0.1, -0.05) is 12.2 Å². The number of hydrogen-bond donors (Lipinski definition) is 0. The maximum absolute atomic E-state index is 10.7. The second-order valence-electron chi connectivity index (χ2n) is 2.11. The van der Waals surface area contributed by atoms with E-state index in [4.69, 9.17) is 0 Å². The van der Waals surface area contributed by atoms with Crippen LogP contribution in [0.1, 0.15) is 13.3 Å². The van der Waals surface area contributed by atoms with Gasteiger partial charge in [0, 0.05) is 13.5 Å². The quantitative estimate of drug-likeness (QED) is 0.531. The number of hydrogen-bond acceptors (Lipinski definition) is 2. The first-order valence-electron chi connectivity index (χ1n) is 2.82. The van der Waals surface area contributed by atoms with Crippen molar-refractivity contribution in [3.05, 3.63) is 12.2 Å². The largest absolute Gasteiger partial charge is 0.377 e. The number of ether oxygens (including phenoxy) is 1. The fourth-order valence-electron chi connectivity index (χ4n) is 0.549. The third-order valence-corrected chi connectivity index (χ3v) is 0.804. The number of rotatable bonds is 4. The normalized spacial score (nSPS) is 9.11. The third-order valence-electron chi connectivity index (χ3n) is 0.804. The monoisotopic (exact) mass is 128 g/mol. The van der Waals surface area contributed by atoms with E-state index in [1.54, 1.807) is 0 Å². The van der Waals surface area contributed by atoms with Crippen LogP contribution in [0.3, 0.4) is 0 Å². The van der Waals surface area contributed by atoms with Crippen LogP contribution in [0.4, 0.5) is 0 Å². The van der Waals surface area contributed by atoms with Crippen molar-refractivity contribution in [1.29, 1.82) is 0 Å². The molecule has 0 radical (unpaired) electrons. The summed E-state index contributed by atoms with van der Waals surface area (Å²) in [6, 6.07) is 0. The van der Waals surface area contributed by atoms with Crippen LogP contribution in [0.25, 0.3) is 0 Å². The van der Waals surface area contributed by atoms with Crippen molar-refractivity contribution in [3.8, 4) is 0 Å². The van der Waals surface area contributed by atoms with Gasteiger partial charge in [-0.15, -0.1) is 0 Å². The molecule has 9 heavy (non-hydrogen) atoms. The van der Waals surface area contributed by atoms with Crippen LogP contribution < -0.4 is 0 Å². The summed E-state index contributed by atoms with van der Waals surface area (Å²) in [7, 11) is 1.51. The number of allylic oxidation sites excluding steroid dienone is 1. The zero-order chi connectivity index (χ0) is 7.28. The highest BCUT2D eigenvalue weighted by atomic mass is 16.5. The lowest BCUT2D eigenvalue weighted by Gasteiger charge is -1.96. The molecule has 0 bridgehead atoms. The van der Waals surface area contributed by atoms with E-state index in [1.807, 2.05) is 6.92 Å². The van der Waals surface area contributed by atoms with E-state index in [0.717, 1.165) is 5.57 Å². The zero-order valence-electron chi connectivity index (χ0n) is 5.94. The molecule has 2 nitrogen and oxygen atoms in total. The van der Waals surface area contributed by atoms with Gasteiger partial charge < -0.3 is 4.74 Å². The lowest BCUT2D eigenvalue weighted by molar-refractivity contribution is -0.121. The molecule has 52 valence electrons. The van der Waals surface area contributed by atoms with Crippen molar-refractivity contribution < 1.29 is 9.53 Å². The molecule has 2 heteroatoms. The van der Waals surface area contributed by atoms with Gasteiger partial charge in [-0.2, -0.15) is 0 Å². The summed E-state index contributed by atoms with van der Waals surface area (Å²) < 4.78 is 4.61. The molecule has 0 saturated carbocycles. The SMILES string of the molecule is C=C(C)CC(=O)COC. The molecular weight excluding hydrogens is 116 g/mol. The Hall–Kier alpha value is -0.630. The van der Waals surface area contributed by atoms with Gasteiger partial charge in [0.25, 0.3) is 0 Å². The van der Waals surface area contributed by atoms with Gasteiger partial charge in [0.15, 0.2) is 5.78 Å². The fraction of sp³-hybridized carbons (Fsp3) is 0.571. The van der Waals surface area contributed by atoms with Gasteiger partial charge in [0.05, 0.1) is 0 Å². The third kappa shape index (κ3) is 5.24. The standard InChI is InChI=1S/C7H12O2/c1-6(2)4-7(8)5-9-3/h1,4-5H2,2-3H3. The second-order valence-corrected chi connectivity index (χ2v) is 2.11. The topological polar surface area (TPSA) is 26.3 Å². The van der Waals surface area contributed by atoms with Gasteiger partial charge in [-0.3, -0.25) is 4.79 Å². The number of carbonyl (C=O) groups excluding carboxylic acids is 1. The summed E-state index contributed by atoms with van der Waals surface area (Å²) in [4.78, 5) is 10.7. The Bertz CT molecular complexity index is 116. The van der Waals surface area contributed by atoms with Gasteiger partial charge in [-0.25, -0.2) is 0 Å². The van der Waals surface area contributed by atoms with Crippen LogP contribution >= 0.6 is 0 Å². The van der Waals surface area contributed by atoms with Crippen LogP contribution in [0.2, 0.25) is 0 Å². The maximum Gasteiger partial charge on any atom is 0.162 e. The molecule has 0 unspecified atom stereocenters. The van der Waals surface area contributed by atoms with E-state index in [0.29, 0.717) is 6.42 Å². The number of Topliss-reactive ketones (excluding diaryl/α,β-unsaturated/α-hetero) is 1. The molecule has 0 aromatic carbocycles.